The highest BCUT2D eigenvalue weighted by Crippen LogP contribution is 2.29. The fourth-order valence-electron chi connectivity index (χ4n) is 2.74. The first-order valence-corrected chi connectivity index (χ1v) is 8.15. The van der Waals surface area contributed by atoms with Crippen molar-refractivity contribution in [1.82, 2.24) is 4.90 Å². The second kappa shape index (κ2) is 6.69. The Hall–Kier alpha value is -1.91. The molecule has 1 aliphatic rings. The molecule has 0 saturated carbocycles. The Morgan fingerprint density at radius 3 is 2.30 bits per heavy atom. The number of rotatable bonds is 2. The van der Waals surface area contributed by atoms with Crippen molar-refractivity contribution in [2.75, 3.05) is 36.8 Å². The maximum atomic E-state index is 12.7. The summed E-state index contributed by atoms with van der Waals surface area (Å²) < 4.78 is 0. The van der Waals surface area contributed by atoms with Crippen molar-refractivity contribution in [2.45, 2.75) is 0 Å². The molecule has 1 fully saturated rings. The first kappa shape index (κ1) is 16.0. The van der Waals surface area contributed by atoms with Crippen molar-refractivity contribution in [3.63, 3.8) is 0 Å². The van der Waals surface area contributed by atoms with Gasteiger partial charge in [-0.15, -0.1) is 0 Å². The fraction of sp³-hybridized carbons (Fsp3) is 0.235. The third-order valence-electron chi connectivity index (χ3n) is 4.01. The van der Waals surface area contributed by atoms with Gasteiger partial charge in [0.25, 0.3) is 5.91 Å². The second-order valence-corrected chi connectivity index (χ2v) is 6.31. The van der Waals surface area contributed by atoms with Crippen LogP contribution in [0.15, 0.2) is 42.5 Å². The van der Waals surface area contributed by atoms with Crippen LogP contribution in [0.1, 0.15) is 10.4 Å². The number of benzene rings is 2. The van der Waals surface area contributed by atoms with E-state index >= 15 is 0 Å². The molecule has 2 aromatic rings. The van der Waals surface area contributed by atoms with E-state index in [1.54, 1.807) is 17.0 Å². The van der Waals surface area contributed by atoms with E-state index < -0.39 is 0 Å². The number of nitrogens with two attached hydrogens (primary N) is 1. The molecule has 2 N–H and O–H groups in total. The minimum absolute atomic E-state index is 0.125. The Morgan fingerprint density at radius 2 is 1.65 bits per heavy atom. The molecule has 0 radical (unpaired) electrons. The highest BCUT2D eigenvalue weighted by atomic mass is 35.5. The van der Waals surface area contributed by atoms with Gasteiger partial charge in [-0.3, -0.25) is 4.79 Å². The number of para-hydroxylation sites is 1. The van der Waals surface area contributed by atoms with E-state index in [4.69, 9.17) is 28.9 Å². The highest BCUT2D eigenvalue weighted by Gasteiger charge is 2.24. The number of amides is 1. The summed E-state index contributed by atoms with van der Waals surface area (Å²) >= 11 is 12.0. The van der Waals surface area contributed by atoms with Gasteiger partial charge < -0.3 is 15.5 Å². The van der Waals surface area contributed by atoms with Gasteiger partial charge in [-0.1, -0.05) is 41.4 Å². The monoisotopic (exact) mass is 349 g/mol. The lowest BCUT2D eigenvalue weighted by molar-refractivity contribution is 0.0748. The number of hydrogen-bond donors (Lipinski definition) is 1. The summed E-state index contributed by atoms with van der Waals surface area (Å²) in [7, 11) is 0. The zero-order chi connectivity index (χ0) is 16.4. The summed E-state index contributed by atoms with van der Waals surface area (Å²) in [6.07, 6.45) is 0. The van der Waals surface area contributed by atoms with E-state index in [1.165, 1.54) is 5.69 Å². The van der Waals surface area contributed by atoms with Gasteiger partial charge in [-0.25, -0.2) is 0 Å². The zero-order valence-corrected chi connectivity index (χ0v) is 14.0. The van der Waals surface area contributed by atoms with Gasteiger partial charge in [0.1, 0.15) is 0 Å². The molecule has 0 unspecified atom stereocenters. The van der Waals surface area contributed by atoms with Crippen LogP contribution in [0.2, 0.25) is 10.0 Å². The standard InChI is InChI=1S/C17H17Cl2N3O/c18-12-10-14(16(20)15(19)11-12)17(23)22-8-6-21(7-9-22)13-4-2-1-3-5-13/h1-5,10-11H,6-9,20H2. The minimum Gasteiger partial charge on any atom is -0.397 e. The summed E-state index contributed by atoms with van der Waals surface area (Å²) in [5.41, 5.74) is 7.75. The highest BCUT2D eigenvalue weighted by molar-refractivity contribution is 6.37. The zero-order valence-electron chi connectivity index (χ0n) is 12.5. The summed E-state index contributed by atoms with van der Waals surface area (Å²) in [4.78, 5) is 16.7. The average Bonchev–Trinajstić information content (AvgIpc) is 2.58. The van der Waals surface area contributed by atoms with Crippen molar-refractivity contribution in [2.24, 2.45) is 0 Å². The van der Waals surface area contributed by atoms with E-state index in [0.717, 1.165) is 13.1 Å². The molecular weight excluding hydrogens is 333 g/mol. The van der Waals surface area contributed by atoms with Crippen LogP contribution in [0, 0.1) is 0 Å². The van der Waals surface area contributed by atoms with Gasteiger partial charge in [-0.05, 0) is 24.3 Å². The van der Waals surface area contributed by atoms with Crippen LogP contribution in [0.4, 0.5) is 11.4 Å². The number of carbonyl (C=O) groups excluding carboxylic acids is 1. The second-order valence-electron chi connectivity index (χ2n) is 5.46. The third kappa shape index (κ3) is 3.38. The Bertz CT molecular complexity index is 713. The Labute approximate surface area is 145 Å². The number of piperazine rings is 1. The fourth-order valence-corrected chi connectivity index (χ4v) is 3.23. The molecule has 4 nitrogen and oxygen atoms in total. The molecule has 1 aliphatic heterocycles. The molecule has 0 atom stereocenters. The molecule has 1 amide bonds. The summed E-state index contributed by atoms with van der Waals surface area (Å²) in [6, 6.07) is 13.3. The quantitative estimate of drug-likeness (QED) is 0.843. The smallest absolute Gasteiger partial charge is 0.256 e. The predicted molar refractivity (Wildman–Crippen MR) is 95.4 cm³/mol. The van der Waals surface area contributed by atoms with Crippen molar-refractivity contribution < 1.29 is 4.79 Å². The molecule has 1 saturated heterocycles. The van der Waals surface area contributed by atoms with Crippen LogP contribution in [-0.4, -0.2) is 37.0 Å². The molecule has 2 aromatic carbocycles. The van der Waals surface area contributed by atoms with E-state index in [2.05, 4.69) is 17.0 Å². The number of nitrogens with zero attached hydrogens (tertiary/aromatic N) is 2. The lowest BCUT2D eigenvalue weighted by atomic mass is 10.1. The van der Waals surface area contributed by atoms with Crippen molar-refractivity contribution in [1.29, 1.82) is 0 Å². The molecule has 0 aliphatic carbocycles. The first-order chi connectivity index (χ1) is 11.1. The summed E-state index contributed by atoms with van der Waals surface area (Å²) in [5.74, 6) is -0.125. The number of carbonyl (C=O) groups is 1. The molecule has 3 rings (SSSR count). The van der Waals surface area contributed by atoms with Crippen LogP contribution in [-0.2, 0) is 0 Å². The molecule has 6 heteroatoms. The maximum Gasteiger partial charge on any atom is 0.256 e. The van der Waals surface area contributed by atoms with Gasteiger partial charge in [0.05, 0.1) is 16.3 Å². The number of anilines is 2. The number of halogens is 2. The van der Waals surface area contributed by atoms with Crippen LogP contribution in [0.5, 0.6) is 0 Å². The van der Waals surface area contributed by atoms with E-state index in [0.29, 0.717) is 28.7 Å². The molecule has 1 heterocycles. The Balaban J connectivity index is 1.72. The van der Waals surface area contributed by atoms with Crippen molar-refractivity contribution in [3.8, 4) is 0 Å². The molecule has 0 spiro atoms. The van der Waals surface area contributed by atoms with Crippen molar-refractivity contribution in [3.05, 3.63) is 58.1 Å². The largest absolute Gasteiger partial charge is 0.397 e. The topological polar surface area (TPSA) is 49.6 Å². The van der Waals surface area contributed by atoms with Crippen LogP contribution in [0.3, 0.4) is 0 Å². The molecule has 0 bridgehead atoms. The molecule has 120 valence electrons. The number of nitrogen functional groups attached to an aromatic ring is 1. The molecule has 0 aromatic heterocycles. The average molecular weight is 350 g/mol. The summed E-state index contributed by atoms with van der Waals surface area (Å²) in [6.45, 7) is 2.84. The third-order valence-corrected chi connectivity index (χ3v) is 4.54. The van der Waals surface area contributed by atoms with Gasteiger partial charge in [0, 0.05) is 36.9 Å². The predicted octanol–water partition coefficient (Wildman–Crippen LogP) is 3.54. The van der Waals surface area contributed by atoms with Crippen LogP contribution in [0.25, 0.3) is 0 Å². The first-order valence-electron chi connectivity index (χ1n) is 7.40. The van der Waals surface area contributed by atoms with Gasteiger partial charge in [0.2, 0.25) is 0 Å². The normalized spacial score (nSPS) is 14.9. The Kier molecular flexibility index (Phi) is 4.64. The minimum atomic E-state index is -0.125. The molecular formula is C17H17Cl2N3O. The van der Waals surface area contributed by atoms with Crippen molar-refractivity contribution >= 4 is 40.5 Å². The Morgan fingerprint density at radius 1 is 1.00 bits per heavy atom. The lowest BCUT2D eigenvalue weighted by Gasteiger charge is -2.36. The summed E-state index contributed by atoms with van der Waals surface area (Å²) in [5, 5.41) is 0.722. The van der Waals surface area contributed by atoms with E-state index in [-0.39, 0.29) is 11.6 Å². The van der Waals surface area contributed by atoms with Crippen LogP contribution >= 0.6 is 23.2 Å². The molecule has 23 heavy (non-hydrogen) atoms. The van der Waals surface area contributed by atoms with Crippen LogP contribution < -0.4 is 10.6 Å². The number of hydrogen-bond acceptors (Lipinski definition) is 3. The maximum absolute atomic E-state index is 12.7. The van der Waals surface area contributed by atoms with E-state index in [1.807, 2.05) is 18.2 Å². The van der Waals surface area contributed by atoms with Gasteiger partial charge in [0.15, 0.2) is 0 Å². The van der Waals surface area contributed by atoms with Gasteiger partial charge >= 0.3 is 0 Å². The SMILES string of the molecule is Nc1c(Cl)cc(Cl)cc1C(=O)N1CCN(c2ccccc2)CC1. The van der Waals surface area contributed by atoms with E-state index in [9.17, 15) is 4.79 Å². The van der Waals surface area contributed by atoms with Gasteiger partial charge in [-0.2, -0.15) is 0 Å². The lowest BCUT2D eigenvalue weighted by Crippen LogP contribution is -2.48.